The van der Waals surface area contributed by atoms with E-state index in [9.17, 15) is 4.79 Å². The average molecular weight is 329 g/mol. The van der Waals surface area contributed by atoms with Gasteiger partial charge >= 0.3 is 0 Å². The second kappa shape index (κ2) is 7.80. The van der Waals surface area contributed by atoms with Crippen LogP contribution in [0.1, 0.15) is 29.8 Å². The Bertz CT molecular complexity index is 833. The second-order valence-corrected chi connectivity index (χ2v) is 6.00. The first-order valence-electron chi connectivity index (χ1n) is 8.78. The Morgan fingerprint density at radius 3 is 2.00 bits per heavy atom. The molecular formula is C23H23NO. The molecule has 0 aromatic heterocycles. The zero-order valence-electron chi connectivity index (χ0n) is 14.8. The molecule has 3 aromatic carbocycles. The fraction of sp³-hybridized carbons (Fsp3) is 0.174. The molecule has 0 saturated heterocycles. The van der Waals surface area contributed by atoms with Crippen molar-refractivity contribution in [2.24, 2.45) is 0 Å². The number of hydrogen-bond donors (Lipinski definition) is 0. The Kier molecular flexibility index (Phi) is 5.30. The third kappa shape index (κ3) is 3.80. The molecule has 0 N–H and O–H groups in total. The Hall–Kier alpha value is -2.87. The number of carbonyl (C=O) groups excluding carboxylic acids is 1. The van der Waals surface area contributed by atoms with Crippen molar-refractivity contribution in [2.45, 2.75) is 13.8 Å². The highest BCUT2D eigenvalue weighted by Crippen LogP contribution is 2.22. The number of carbonyl (C=O) groups is 1. The Balaban J connectivity index is 1.86. The molecule has 0 radical (unpaired) electrons. The standard InChI is InChI=1S/C23H23NO/c1-3-24(4-2)22-15-13-19(14-16-22)23(25)21-12-8-11-20(17-21)18-9-6-5-7-10-18/h5-17H,3-4H2,1-2H3. The average Bonchev–Trinajstić information content (AvgIpc) is 2.70. The van der Waals surface area contributed by atoms with Crippen molar-refractivity contribution in [3.8, 4) is 11.1 Å². The number of nitrogens with zero attached hydrogens (tertiary/aromatic N) is 1. The maximum absolute atomic E-state index is 12.8. The largest absolute Gasteiger partial charge is 0.372 e. The van der Waals surface area contributed by atoms with Gasteiger partial charge in [-0.1, -0.05) is 48.5 Å². The van der Waals surface area contributed by atoms with E-state index < -0.39 is 0 Å². The molecular weight excluding hydrogens is 306 g/mol. The molecule has 2 heteroatoms. The summed E-state index contributed by atoms with van der Waals surface area (Å²) in [5, 5.41) is 0. The summed E-state index contributed by atoms with van der Waals surface area (Å²) in [5.41, 5.74) is 4.78. The topological polar surface area (TPSA) is 20.3 Å². The molecule has 3 aromatic rings. The summed E-state index contributed by atoms with van der Waals surface area (Å²) in [6, 6.07) is 25.9. The van der Waals surface area contributed by atoms with Crippen LogP contribution < -0.4 is 4.90 Å². The van der Waals surface area contributed by atoms with Gasteiger partial charge in [-0.3, -0.25) is 4.79 Å². The molecule has 25 heavy (non-hydrogen) atoms. The predicted octanol–water partition coefficient (Wildman–Crippen LogP) is 5.43. The minimum absolute atomic E-state index is 0.0591. The first kappa shape index (κ1) is 17.0. The van der Waals surface area contributed by atoms with E-state index in [1.807, 2.05) is 66.7 Å². The molecule has 2 nitrogen and oxygen atoms in total. The summed E-state index contributed by atoms with van der Waals surface area (Å²) in [6.07, 6.45) is 0. The molecule has 0 aliphatic heterocycles. The molecule has 3 rings (SSSR count). The van der Waals surface area contributed by atoms with Crippen molar-refractivity contribution in [1.29, 1.82) is 0 Å². The zero-order chi connectivity index (χ0) is 17.6. The highest BCUT2D eigenvalue weighted by atomic mass is 16.1. The number of rotatable bonds is 6. The predicted molar refractivity (Wildman–Crippen MR) is 105 cm³/mol. The summed E-state index contributed by atoms with van der Waals surface area (Å²) >= 11 is 0. The molecule has 0 bridgehead atoms. The van der Waals surface area contributed by atoms with E-state index in [-0.39, 0.29) is 5.78 Å². The molecule has 0 atom stereocenters. The molecule has 0 heterocycles. The minimum Gasteiger partial charge on any atom is -0.372 e. The molecule has 0 saturated carbocycles. The van der Waals surface area contributed by atoms with Crippen LogP contribution in [-0.4, -0.2) is 18.9 Å². The molecule has 0 fully saturated rings. The lowest BCUT2D eigenvalue weighted by atomic mass is 9.98. The monoisotopic (exact) mass is 329 g/mol. The fourth-order valence-corrected chi connectivity index (χ4v) is 3.05. The van der Waals surface area contributed by atoms with Gasteiger partial charge in [0.2, 0.25) is 0 Å². The van der Waals surface area contributed by atoms with E-state index >= 15 is 0 Å². The smallest absolute Gasteiger partial charge is 0.193 e. The van der Waals surface area contributed by atoms with Crippen molar-refractivity contribution >= 4 is 11.5 Å². The van der Waals surface area contributed by atoms with Crippen LogP contribution in [0.25, 0.3) is 11.1 Å². The molecule has 0 unspecified atom stereocenters. The summed E-state index contributed by atoms with van der Waals surface area (Å²) < 4.78 is 0. The summed E-state index contributed by atoms with van der Waals surface area (Å²) in [6.45, 7) is 6.20. The van der Waals surface area contributed by atoms with E-state index in [4.69, 9.17) is 0 Å². The van der Waals surface area contributed by atoms with Crippen LogP contribution in [0.2, 0.25) is 0 Å². The SMILES string of the molecule is CCN(CC)c1ccc(C(=O)c2cccc(-c3ccccc3)c2)cc1. The Morgan fingerprint density at radius 2 is 1.36 bits per heavy atom. The lowest BCUT2D eigenvalue weighted by Crippen LogP contribution is -2.21. The Labute approximate surface area is 149 Å². The van der Waals surface area contributed by atoms with Gasteiger partial charge in [0.05, 0.1) is 0 Å². The third-order valence-electron chi connectivity index (χ3n) is 4.49. The Morgan fingerprint density at radius 1 is 0.720 bits per heavy atom. The second-order valence-electron chi connectivity index (χ2n) is 6.00. The van der Waals surface area contributed by atoms with Crippen molar-refractivity contribution in [3.63, 3.8) is 0 Å². The fourth-order valence-electron chi connectivity index (χ4n) is 3.05. The van der Waals surface area contributed by atoms with E-state index in [2.05, 4.69) is 30.9 Å². The molecule has 126 valence electrons. The van der Waals surface area contributed by atoms with E-state index in [1.54, 1.807) is 0 Å². The van der Waals surface area contributed by atoms with Gasteiger partial charge in [0.25, 0.3) is 0 Å². The molecule has 0 amide bonds. The van der Waals surface area contributed by atoms with Gasteiger partial charge in [-0.2, -0.15) is 0 Å². The van der Waals surface area contributed by atoms with Crippen molar-refractivity contribution in [1.82, 2.24) is 0 Å². The summed E-state index contributed by atoms with van der Waals surface area (Å²) in [5.74, 6) is 0.0591. The summed E-state index contributed by atoms with van der Waals surface area (Å²) in [7, 11) is 0. The minimum atomic E-state index is 0.0591. The number of anilines is 1. The van der Waals surface area contributed by atoms with Gasteiger partial charge in [0, 0.05) is 29.9 Å². The number of hydrogen-bond acceptors (Lipinski definition) is 2. The third-order valence-corrected chi connectivity index (χ3v) is 4.49. The maximum Gasteiger partial charge on any atom is 0.193 e. The van der Waals surface area contributed by atoms with Crippen molar-refractivity contribution in [3.05, 3.63) is 90.0 Å². The van der Waals surface area contributed by atoms with Gasteiger partial charge in [-0.15, -0.1) is 0 Å². The van der Waals surface area contributed by atoms with Gasteiger partial charge in [0.1, 0.15) is 0 Å². The zero-order valence-corrected chi connectivity index (χ0v) is 14.8. The van der Waals surface area contributed by atoms with Crippen LogP contribution in [-0.2, 0) is 0 Å². The van der Waals surface area contributed by atoms with Gasteiger partial charge in [0.15, 0.2) is 5.78 Å². The van der Waals surface area contributed by atoms with Crippen LogP contribution in [0, 0.1) is 0 Å². The first-order chi connectivity index (χ1) is 12.2. The molecule has 0 spiro atoms. The van der Waals surface area contributed by atoms with Gasteiger partial charge in [-0.25, -0.2) is 0 Å². The number of benzene rings is 3. The first-order valence-corrected chi connectivity index (χ1v) is 8.78. The van der Waals surface area contributed by atoms with Crippen LogP contribution in [0.15, 0.2) is 78.9 Å². The normalized spacial score (nSPS) is 10.5. The van der Waals surface area contributed by atoms with Crippen LogP contribution in [0.4, 0.5) is 5.69 Å². The van der Waals surface area contributed by atoms with Gasteiger partial charge in [-0.05, 0) is 55.3 Å². The maximum atomic E-state index is 12.8. The lowest BCUT2D eigenvalue weighted by molar-refractivity contribution is 0.103. The van der Waals surface area contributed by atoms with Gasteiger partial charge < -0.3 is 4.90 Å². The lowest BCUT2D eigenvalue weighted by Gasteiger charge is -2.21. The van der Waals surface area contributed by atoms with E-state index in [0.29, 0.717) is 0 Å². The molecule has 0 aliphatic carbocycles. The molecule has 0 aliphatic rings. The summed E-state index contributed by atoms with van der Waals surface area (Å²) in [4.78, 5) is 15.1. The quantitative estimate of drug-likeness (QED) is 0.562. The number of ketones is 1. The van der Waals surface area contributed by atoms with Crippen molar-refractivity contribution < 1.29 is 4.79 Å². The van der Waals surface area contributed by atoms with Crippen molar-refractivity contribution in [2.75, 3.05) is 18.0 Å². The van der Waals surface area contributed by atoms with E-state index in [0.717, 1.165) is 41.0 Å². The van der Waals surface area contributed by atoms with E-state index in [1.165, 1.54) is 0 Å². The highest BCUT2D eigenvalue weighted by molar-refractivity contribution is 6.09. The van der Waals surface area contributed by atoms with Crippen LogP contribution in [0.5, 0.6) is 0 Å². The van der Waals surface area contributed by atoms with Crippen LogP contribution in [0.3, 0.4) is 0 Å². The van der Waals surface area contributed by atoms with Crippen LogP contribution >= 0.6 is 0 Å². The highest BCUT2D eigenvalue weighted by Gasteiger charge is 2.11.